The predicted octanol–water partition coefficient (Wildman–Crippen LogP) is 2.72. The number of imide groups is 1. The number of nitrogens with zero attached hydrogens (tertiary/aromatic N) is 3. The number of rotatable bonds is 5. The number of likely N-dealkylation sites (N-methyl/N-ethyl adjacent to an activating group) is 1. The third-order valence-corrected chi connectivity index (χ3v) is 5.46. The number of amides is 3. The number of pyridine rings is 1. The van der Waals surface area contributed by atoms with Gasteiger partial charge in [-0.15, -0.1) is 0 Å². The Balaban J connectivity index is 1.92. The first-order valence-electron chi connectivity index (χ1n) is 9.54. The molecular weight excluding hydrogens is 342 g/mol. The molecule has 3 rings (SSSR count). The second kappa shape index (κ2) is 7.62. The Kier molecular flexibility index (Phi) is 5.44. The number of allylic oxidation sites excluding steroid dienone is 2. The molecule has 1 aliphatic carbocycles. The first-order chi connectivity index (χ1) is 12.8. The second-order valence-electron chi connectivity index (χ2n) is 7.89. The van der Waals surface area contributed by atoms with Gasteiger partial charge in [0.2, 0.25) is 11.8 Å². The summed E-state index contributed by atoms with van der Waals surface area (Å²) in [5, 5.41) is 0. The van der Waals surface area contributed by atoms with E-state index in [0.717, 1.165) is 5.56 Å². The van der Waals surface area contributed by atoms with Crippen LogP contribution < -0.4 is 4.90 Å². The molecule has 144 valence electrons. The second-order valence-corrected chi connectivity index (χ2v) is 7.89. The highest BCUT2D eigenvalue weighted by Gasteiger charge is 2.51. The number of hydrogen-bond donors (Lipinski definition) is 0. The van der Waals surface area contributed by atoms with Crippen LogP contribution in [0.3, 0.4) is 0 Å². The van der Waals surface area contributed by atoms with Gasteiger partial charge in [0, 0.05) is 13.2 Å². The summed E-state index contributed by atoms with van der Waals surface area (Å²) in [6.07, 6.45) is 7.14. The first kappa shape index (κ1) is 19.3. The summed E-state index contributed by atoms with van der Waals surface area (Å²) < 4.78 is 0. The molecule has 1 aromatic rings. The van der Waals surface area contributed by atoms with Crippen molar-refractivity contribution in [1.29, 1.82) is 0 Å². The van der Waals surface area contributed by atoms with Crippen LogP contribution in [0, 0.1) is 24.7 Å². The van der Waals surface area contributed by atoms with Crippen LogP contribution in [0.4, 0.5) is 5.82 Å². The van der Waals surface area contributed by atoms with Gasteiger partial charge in [-0.1, -0.05) is 32.1 Å². The van der Waals surface area contributed by atoms with Crippen molar-refractivity contribution in [2.24, 2.45) is 17.8 Å². The van der Waals surface area contributed by atoms with Crippen molar-refractivity contribution in [2.45, 2.75) is 46.1 Å². The van der Waals surface area contributed by atoms with Crippen molar-refractivity contribution in [1.82, 2.24) is 9.88 Å². The van der Waals surface area contributed by atoms with Crippen LogP contribution in [0.1, 0.15) is 38.7 Å². The van der Waals surface area contributed by atoms with Gasteiger partial charge in [-0.2, -0.15) is 0 Å². The van der Waals surface area contributed by atoms with Crippen molar-refractivity contribution in [3.8, 4) is 0 Å². The average molecular weight is 369 g/mol. The monoisotopic (exact) mass is 369 g/mol. The fourth-order valence-electron chi connectivity index (χ4n) is 4.05. The maximum atomic E-state index is 13.3. The van der Waals surface area contributed by atoms with Crippen LogP contribution >= 0.6 is 0 Å². The lowest BCUT2D eigenvalue weighted by molar-refractivity contribution is -0.147. The number of likely N-dealkylation sites (tertiary alicyclic amines) is 1. The van der Waals surface area contributed by atoms with Crippen LogP contribution in [0.25, 0.3) is 0 Å². The summed E-state index contributed by atoms with van der Waals surface area (Å²) in [5.41, 5.74) is 0.869. The Morgan fingerprint density at radius 1 is 1.22 bits per heavy atom. The molecule has 0 aromatic carbocycles. The molecule has 27 heavy (non-hydrogen) atoms. The van der Waals surface area contributed by atoms with Crippen molar-refractivity contribution >= 4 is 23.5 Å². The fraction of sp³-hybridized carbons (Fsp3) is 0.524. The molecular formula is C21H27N3O3. The molecule has 3 atom stereocenters. The lowest BCUT2D eigenvalue weighted by Gasteiger charge is -2.31. The number of anilines is 1. The summed E-state index contributed by atoms with van der Waals surface area (Å²) in [7, 11) is 1.66. The number of carbonyl (C=O) groups excluding carboxylic acids is 3. The predicted molar refractivity (Wildman–Crippen MR) is 103 cm³/mol. The van der Waals surface area contributed by atoms with Gasteiger partial charge in [0.25, 0.3) is 5.91 Å². The van der Waals surface area contributed by atoms with E-state index in [-0.39, 0.29) is 35.5 Å². The van der Waals surface area contributed by atoms with Gasteiger partial charge in [0.1, 0.15) is 11.9 Å². The van der Waals surface area contributed by atoms with Crippen molar-refractivity contribution in [3.05, 3.63) is 36.0 Å². The molecule has 1 fully saturated rings. The van der Waals surface area contributed by atoms with Gasteiger partial charge in [-0.05, 0) is 43.7 Å². The van der Waals surface area contributed by atoms with Crippen molar-refractivity contribution in [2.75, 3.05) is 11.9 Å². The van der Waals surface area contributed by atoms with E-state index in [1.54, 1.807) is 13.2 Å². The minimum atomic E-state index is -0.790. The Bertz CT molecular complexity index is 761. The summed E-state index contributed by atoms with van der Waals surface area (Å²) >= 11 is 0. The molecule has 6 heteroatoms. The van der Waals surface area contributed by atoms with Crippen LogP contribution in [0.2, 0.25) is 0 Å². The van der Waals surface area contributed by atoms with Crippen LogP contribution in [0.5, 0.6) is 0 Å². The van der Waals surface area contributed by atoms with Crippen LogP contribution in [-0.2, 0) is 14.4 Å². The maximum absolute atomic E-state index is 13.3. The van der Waals surface area contributed by atoms with E-state index in [1.165, 1.54) is 9.80 Å². The van der Waals surface area contributed by atoms with Gasteiger partial charge in [-0.3, -0.25) is 24.2 Å². The quantitative estimate of drug-likeness (QED) is 0.591. The largest absolute Gasteiger partial charge is 0.298 e. The third kappa shape index (κ3) is 3.53. The Labute approximate surface area is 160 Å². The van der Waals surface area contributed by atoms with Gasteiger partial charge < -0.3 is 0 Å². The number of aromatic nitrogens is 1. The van der Waals surface area contributed by atoms with Gasteiger partial charge in [0.15, 0.2) is 0 Å². The summed E-state index contributed by atoms with van der Waals surface area (Å²) in [6.45, 7) is 5.87. The lowest BCUT2D eigenvalue weighted by atomic mass is 9.85. The molecule has 1 saturated heterocycles. The first-order valence-corrected chi connectivity index (χ1v) is 9.54. The number of carbonyl (C=O) groups is 3. The molecule has 0 spiro atoms. The highest BCUT2D eigenvalue weighted by atomic mass is 16.2. The van der Waals surface area contributed by atoms with Gasteiger partial charge >= 0.3 is 0 Å². The zero-order valence-electron chi connectivity index (χ0n) is 16.4. The van der Waals surface area contributed by atoms with Gasteiger partial charge in [0.05, 0.1) is 11.8 Å². The summed E-state index contributed by atoms with van der Waals surface area (Å²) in [5.74, 6) is -0.621. The summed E-state index contributed by atoms with van der Waals surface area (Å²) in [4.78, 5) is 46.3. The standard InChI is InChI=1S/C21H27N3O3/c1-13(2)12-17(21(27)23(4)18-14(3)8-7-11-22-18)24-19(25)15-9-5-6-10-16(15)20(24)26/h5-8,11,13,15-17H,9-10,12H2,1-4H3. The highest BCUT2D eigenvalue weighted by Crippen LogP contribution is 2.37. The Morgan fingerprint density at radius 3 is 2.33 bits per heavy atom. The molecule has 0 bridgehead atoms. The average Bonchev–Trinajstić information content (AvgIpc) is 2.90. The van der Waals surface area contributed by atoms with Crippen LogP contribution in [0.15, 0.2) is 30.5 Å². The van der Waals surface area contributed by atoms with E-state index < -0.39 is 6.04 Å². The fourth-order valence-corrected chi connectivity index (χ4v) is 4.05. The normalized spacial score (nSPS) is 22.9. The smallest absolute Gasteiger partial charge is 0.251 e. The molecule has 3 amide bonds. The van der Waals surface area contributed by atoms with E-state index >= 15 is 0 Å². The molecule has 6 nitrogen and oxygen atoms in total. The van der Waals surface area contributed by atoms with E-state index in [4.69, 9.17) is 0 Å². The van der Waals surface area contributed by atoms with Crippen LogP contribution in [-0.4, -0.2) is 40.7 Å². The molecule has 2 aliphatic rings. The SMILES string of the molecule is Cc1cccnc1N(C)C(=O)C(CC(C)C)N1C(=O)C2CC=CCC2C1=O. The summed E-state index contributed by atoms with van der Waals surface area (Å²) in [6, 6.07) is 2.91. The highest BCUT2D eigenvalue weighted by molar-refractivity contribution is 6.10. The maximum Gasteiger partial charge on any atom is 0.251 e. The third-order valence-electron chi connectivity index (χ3n) is 5.46. The van der Waals surface area contributed by atoms with Crippen molar-refractivity contribution < 1.29 is 14.4 Å². The molecule has 1 aliphatic heterocycles. The molecule has 0 saturated carbocycles. The van der Waals surface area contributed by atoms with E-state index in [1.807, 2.05) is 45.1 Å². The molecule has 0 radical (unpaired) electrons. The molecule has 0 N–H and O–H groups in total. The van der Waals surface area contributed by atoms with E-state index in [2.05, 4.69) is 4.98 Å². The number of aryl methyl sites for hydroxylation is 1. The van der Waals surface area contributed by atoms with E-state index in [0.29, 0.717) is 25.1 Å². The molecule has 1 aromatic heterocycles. The van der Waals surface area contributed by atoms with E-state index in [9.17, 15) is 14.4 Å². The minimum Gasteiger partial charge on any atom is -0.298 e. The number of fused-ring (bicyclic) bond motifs is 1. The minimum absolute atomic E-state index is 0.165. The topological polar surface area (TPSA) is 70.6 Å². The van der Waals surface area contributed by atoms with Gasteiger partial charge in [-0.25, -0.2) is 4.98 Å². The zero-order valence-corrected chi connectivity index (χ0v) is 16.4. The van der Waals surface area contributed by atoms with Crippen molar-refractivity contribution in [3.63, 3.8) is 0 Å². The Hall–Kier alpha value is -2.50. The lowest BCUT2D eigenvalue weighted by Crippen LogP contribution is -2.51. The Morgan fingerprint density at radius 2 is 1.81 bits per heavy atom. The molecule has 2 heterocycles. The zero-order chi connectivity index (χ0) is 19.7. The number of hydrogen-bond acceptors (Lipinski definition) is 4. The molecule has 3 unspecified atom stereocenters.